The van der Waals surface area contributed by atoms with Gasteiger partial charge < -0.3 is 4.90 Å². The Hall–Kier alpha value is -1.40. The first-order chi connectivity index (χ1) is 10.8. The van der Waals surface area contributed by atoms with Gasteiger partial charge >= 0.3 is 0 Å². The van der Waals surface area contributed by atoms with Crippen LogP contribution in [-0.4, -0.2) is 38.4 Å². The molecule has 1 amide bonds. The quantitative estimate of drug-likeness (QED) is 0.792. The number of nitrogens with one attached hydrogen (secondary N) is 1. The summed E-state index contributed by atoms with van der Waals surface area (Å²) < 4.78 is 27.1. The molecule has 5 nitrogen and oxygen atoms in total. The Kier molecular flexibility index (Phi) is 5.81. The summed E-state index contributed by atoms with van der Waals surface area (Å²) in [5, 5.41) is 0. The van der Waals surface area contributed by atoms with Gasteiger partial charge in [-0.1, -0.05) is 13.0 Å². The van der Waals surface area contributed by atoms with E-state index in [9.17, 15) is 13.2 Å². The van der Waals surface area contributed by atoms with E-state index in [-0.39, 0.29) is 16.8 Å². The molecule has 1 aliphatic carbocycles. The van der Waals surface area contributed by atoms with Crippen molar-refractivity contribution in [3.8, 4) is 0 Å². The molecule has 0 heterocycles. The van der Waals surface area contributed by atoms with Gasteiger partial charge in [-0.25, -0.2) is 13.1 Å². The predicted molar refractivity (Wildman–Crippen MR) is 90.8 cm³/mol. The molecule has 1 aliphatic rings. The highest BCUT2D eigenvalue weighted by Gasteiger charge is 2.27. The molecule has 0 aliphatic heterocycles. The summed E-state index contributed by atoms with van der Waals surface area (Å²) >= 11 is 0. The Balaban J connectivity index is 2.21. The number of rotatable bonds is 8. The fourth-order valence-corrected chi connectivity index (χ4v) is 3.81. The van der Waals surface area contributed by atoms with Crippen molar-refractivity contribution in [1.82, 2.24) is 9.62 Å². The number of sulfonamides is 1. The minimum absolute atomic E-state index is 0.0830. The number of nitrogens with zero attached hydrogens (tertiary/aromatic N) is 1. The van der Waals surface area contributed by atoms with Crippen LogP contribution in [0.25, 0.3) is 0 Å². The Morgan fingerprint density at radius 3 is 2.61 bits per heavy atom. The van der Waals surface area contributed by atoms with Gasteiger partial charge in [0.2, 0.25) is 10.0 Å². The normalized spacial score (nSPS) is 15.0. The zero-order valence-corrected chi connectivity index (χ0v) is 14.9. The lowest BCUT2D eigenvalue weighted by atomic mass is 10.2. The summed E-state index contributed by atoms with van der Waals surface area (Å²) in [6.45, 7) is 7.06. The molecule has 0 radical (unpaired) electrons. The van der Waals surface area contributed by atoms with Crippen molar-refractivity contribution in [3.63, 3.8) is 0 Å². The van der Waals surface area contributed by atoms with Crippen molar-refractivity contribution in [2.75, 3.05) is 13.1 Å². The molecule has 0 spiro atoms. The van der Waals surface area contributed by atoms with Crippen LogP contribution in [0, 0.1) is 5.92 Å². The van der Waals surface area contributed by atoms with Crippen LogP contribution in [0.1, 0.15) is 50.4 Å². The smallest absolute Gasteiger partial charge is 0.253 e. The number of hydrogen-bond donors (Lipinski definition) is 1. The van der Waals surface area contributed by atoms with Crippen molar-refractivity contribution in [2.45, 2.75) is 51.0 Å². The van der Waals surface area contributed by atoms with E-state index in [2.05, 4.69) is 4.72 Å². The highest BCUT2D eigenvalue weighted by Crippen LogP contribution is 2.30. The number of benzene rings is 1. The third-order valence-corrected chi connectivity index (χ3v) is 5.39. The van der Waals surface area contributed by atoms with Gasteiger partial charge in [0.25, 0.3) is 5.91 Å². The number of carbonyl (C=O) groups is 1. The monoisotopic (exact) mass is 338 g/mol. The van der Waals surface area contributed by atoms with Crippen LogP contribution in [0.2, 0.25) is 0 Å². The SMILES string of the molecule is CCCN(CC1CC1)C(=O)c1cccc(S(=O)(=O)NC(C)C)c1. The maximum absolute atomic E-state index is 12.7. The minimum atomic E-state index is -3.58. The lowest BCUT2D eigenvalue weighted by Crippen LogP contribution is -2.34. The van der Waals surface area contributed by atoms with Gasteiger partial charge in [0.05, 0.1) is 4.90 Å². The maximum Gasteiger partial charge on any atom is 0.253 e. The zero-order valence-electron chi connectivity index (χ0n) is 14.1. The van der Waals surface area contributed by atoms with Gasteiger partial charge in [-0.15, -0.1) is 0 Å². The second-order valence-corrected chi connectivity index (χ2v) is 8.21. The molecule has 6 heteroatoms. The van der Waals surface area contributed by atoms with Crippen molar-refractivity contribution < 1.29 is 13.2 Å². The first-order valence-electron chi connectivity index (χ1n) is 8.25. The Bertz CT molecular complexity index is 652. The molecule has 1 N–H and O–H groups in total. The molecule has 128 valence electrons. The van der Waals surface area contributed by atoms with Crippen LogP contribution < -0.4 is 4.72 Å². The third-order valence-electron chi connectivity index (χ3n) is 3.74. The largest absolute Gasteiger partial charge is 0.338 e. The highest BCUT2D eigenvalue weighted by atomic mass is 32.2. The van der Waals surface area contributed by atoms with Crippen molar-refractivity contribution in [2.24, 2.45) is 5.92 Å². The van der Waals surface area contributed by atoms with Gasteiger partial charge in [-0.3, -0.25) is 4.79 Å². The van der Waals surface area contributed by atoms with Crippen LogP contribution in [-0.2, 0) is 10.0 Å². The van der Waals surface area contributed by atoms with E-state index in [1.165, 1.54) is 25.0 Å². The molecule has 0 bridgehead atoms. The van der Waals surface area contributed by atoms with E-state index in [0.29, 0.717) is 18.0 Å². The fourth-order valence-electron chi connectivity index (χ4n) is 2.51. The van der Waals surface area contributed by atoms with Gasteiger partial charge in [0.1, 0.15) is 0 Å². The fraction of sp³-hybridized carbons (Fsp3) is 0.588. The van der Waals surface area contributed by atoms with E-state index in [1.807, 2.05) is 11.8 Å². The predicted octanol–water partition coefficient (Wildman–Crippen LogP) is 2.64. The Morgan fingerprint density at radius 1 is 1.35 bits per heavy atom. The summed E-state index contributed by atoms with van der Waals surface area (Å²) in [6, 6.07) is 6.12. The van der Waals surface area contributed by atoms with Crippen LogP contribution in [0.3, 0.4) is 0 Å². The Labute approximate surface area is 139 Å². The molecule has 1 fully saturated rings. The molecule has 23 heavy (non-hydrogen) atoms. The first-order valence-corrected chi connectivity index (χ1v) is 9.73. The van der Waals surface area contributed by atoms with Crippen molar-refractivity contribution >= 4 is 15.9 Å². The molecule has 1 saturated carbocycles. The summed E-state index contributed by atoms with van der Waals surface area (Å²) in [7, 11) is -3.58. The molecular weight excluding hydrogens is 312 g/mol. The van der Waals surface area contributed by atoms with Gasteiger partial charge in [0, 0.05) is 24.7 Å². The Morgan fingerprint density at radius 2 is 2.04 bits per heavy atom. The summed E-state index contributed by atoms with van der Waals surface area (Å²) in [4.78, 5) is 14.7. The van der Waals surface area contributed by atoms with E-state index in [1.54, 1.807) is 26.0 Å². The third kappa shape index (κ3) is 5.04. The van der Waals surface area contributed by atoms with Crippen molar-refractivity contribution in [1.29, 1.82) is 0 Å². The molecule has 0 atom stereocenters. The van der Waals surface area contributed by atoms with E-state index in [4.69, 9.17) is 0 Å². The average Bonchev–Trinajstić information content (AvgIpc) is 3.29. The lowest BCUT2D eigenvalue weighted by molar-refractivity contribution is 0.0747. The van der Waals surface area contributed by atoms with Crippen LogP contribution in [0.5, 0.6) is 0 Å². The van der Waals surface area contributed by atoms with Crippen LogP contribution >= 0.6 is 0 Å². The summed E-state index contributed by atoms with van der Waals surface area (Å²) in [6.07, 6.45) is 3.26. The molecule has 2 rings (SSSR count). The van der Waals surface area contributed by atoms with Crippen LogP contribution in [0.4, 0.5) is 0 Å². The molecule has 0 aromatic heterocycles. The maximum atomic E-state index is 12.7. The van der Waals surface area contributed by atoms with E-state index >= 15 is 0 Å². The number of carbonyl (C=O) groups excluding carboxylic acids is 1. The summed E-state index contributed by atoms with van der Waals surface area (Å²) in [5.74, 6) is 0.528. The lowest BCUT2D eigenvalue weighted by Gasteiger charge is -2.22. The molecule has 0 saturated heterocycles. The van der Waals surface area contributed by atoms with Gasteiger partial charge in [0.15, 0.2) is 0 Å². The molecule has 1 aromatic rings. The molecule has 0 unspecified atom stereocenters. The average molecular weight is 338 g/mol. The first kappa shape index (κ1) is 17.9. The minimum Gasteiger partial charge on any atom is -0.338 e. The topological polar surface area (TPSA) is 66.5 Å². The number of hydrogen-bond acceptors (Lipinski definition) is 3. The summed E-state index contributed by atoms with van der Waals surface area (Å²) in [5.41, 5.74) is 0.436. The second kappa shape index (κ2) is 7.45. The van der Waals surface area contributed by atoms with Crippen LogP contribution in [0.15, 0.2) is 29.2 Å². The number of amides is 1. The van der Waals surface area contributed by atoms with E-state index < -0.39 is 10.0 Å². The van der Waals surface area contributed by atoms with Gasteiger partial charge in [-0.2, -0.15) is 0 Å². The van der Waals surface area contributed by atoms with E-state index in [0.717, 1.165) is 13.0 Å². The van der Waals surface area contributed by atoms with Gasteiger partial charge in [-0.05, 0) is 57.2 Å². The second-order valence-electron chi connectivity index (χ2n) is 6.50. The standard InChI is InChI=1S/C17H26N2O3S/c1-4-10-19(12-14-8-9-14)17(20)15-6-5-7-16(11-15)23(21,22)18-13(2)3/h5-7,11,13-14,18H,4,8-10,12H2,1-3H3. The highest BCUT2D eigenvalue weighted by molar-refractivity contribution is 7.89. The molecular formula is C17H26N2O3S. The van der Waals surface area contributed by atoms with Crippen molar-refractivity contribution in [3.05, 3.63) is 29.8 Å². The zero-order chi connectivity index (χ0) is 17.0. The molecule has 1 aromatic carbocycles.